The lowest BCUT2D eigenvalue weighted by atomic mass is 9.97. The van der Waals surface area contributed by atoms with E-state index in [0.717, 1.165) is 83.6 Å². The molecule has 13 aromatic rings. The Bertz CT molecular complexity index is 4160. The van der Waals surface area contributed by atoms with E-state index >= 15 is 0 Å². The number of benzene rings is 10. The van der Waals surface area contributed by atoms with Crippen molar-refractivity contribution in [1.29, 1.82) is 0 Å². The topological polar surface area (TPSA) is 94.7 Å². The third kappa shape index (κ3) is 8.01. The average molecular weight is 963 g/mol. The van der Waals surface area contributed by atoms with Gasteiger partial charge in [-0.3, -0.25) is 4.90 Å². The summed E-state index contributed by atoms with van der Waals surface area (Å²) in [6.45, 7) is 0. The van der Waals surface area contributed by atoms with Gasteiger partial charge in [0.2, 0.25) is 5.95 Å². The highest BCUT2D eigenvalue weighted by Gasteiger charge is 2.29. The summed E-state index contributed by atoms with van der Waals surface area (Å²) in [5.41, 5.74) is 13.6. The molecule has 1 aliphatic heterocycles. The minimum atomic E-state index is 0.495. The molecule has 0 atom stereocenters. The highest BCUT2D eigenvalue weighted by atomic mass is 16.5. The maximum Gasteiger partial charge on any atom is 0.239 e. The molecule has 0 fully saturated rings. The molecule has 1 aliphatic rings. The maximum absolute atomic E-state index is 6.73. The molecule has 3 aromatic heterocycles. The fourth-order valence-corrected chi connectivity index (χ4v) is 10.1. The van der Waals surface area contributed by atoms with E-state index in [1.165, 1.54) is 5.39 Å². The molecule has 0 aliphatic carbocycles. The van der Waals surface area contributed by atoms with Gasteiger partial charge in [-0.05, 0) is 76.9 Å². The number of nitrogens with zero attached hydrogens (tertiary/aromatic N) is 8. The molecule has 4 heterocycles. The predicted molar refractivity (Wildman–Crippen MR) is 300 cm³/mol. The third-order valence-corrected chi connectivity index (χ3v) is 13.7. The molecular formula is C66H42N8O. The van der Waals surface area contributed by atoms with Crippen LogP contribution in [-0.4, -0.2) is 34.5 Å². The normalized spacial score (nSPS) is 11.8. The number of ether oxygens (including phenoxy) is 1. The standard InChI is InChI=1S/C66H42N8O/c1-5-19-43(20-6-1)61-67-62(44-21-7-2-8-22-44)69-65(68-61)51-29-18-30-52(40-51)73-55-32-14-13-31-53(55)54-37-35-49(41-58(54)73)47-27-17-28-48(39-47)50-36-38-57-60(42-50)75-59-34-16-15-33-56(59)74(57)66-71-63(45-23-9-3-10-24-45)70-64(72-66)46-25-11-4-12-26-46/h1-42H. The molecule has 0 spiro atoms. The quantitative estimate of drug-likeness (QED) is 0.141. The monoisotopic (exact) mass is 962 g/mol. The molecule has 10 aromatic carbocycles. The summed E-state index contributed by atoms with van der Waals surface area (Å²) >= 11 is 0. The van der Waals surface area contributed by atoms with Crippen LogP contribution < -0.4 is 9.64 Å². The van der Waals surface area contributed by atoms with Crippen LogP contribution in [0.5, 0.6) is 11.5 Å². The van der Waals surface area contributed by atoms with Crippen LogP contribution in [0.3, 0.4) is 0 Å². The number of aromatic nitrogens is 7. The fraction of sp³-hybridized carbons (Fsp3) is 0. The fourth-order valence-electron chi connectivity index (χ4n) is 10.1. The van der Waals surface area contributed by atoms with Gasteiger partial charge in [0.1, 0.15) is 0 Å². The Kier molecular flexibility index (Phi) is 10.6. The number of fused-ring (bicyclic) bond motifs is 5. The van der Waals surface area contributed by atoms with Crippen LogP contribution in [0.15, 0.2) is 255 Å². The van der Waals surface area contributed by atoms with E-state index in [-0.39, 0.29) is 0 Å². The Hall–Kier alpha value is -10.4. The summed E-state index contributed by atoms with van der Waals surface area (Å²) in [7, 11) is 0. The lowest BCUT2D eigenvalue weighted by Crippen LogP contribution is -2.19. The second-order valence-corrected chi connectivity index (χ2v) is 18.4. The summed E-state index contributed by atoms with van der Waals surface area (Å²) in [5, 5.41) is 2.33. The lowest BCUT2D eigenvalue weighted by molar-refractivity contribution is 0.476. The van der Waals surface area contributed by atoms with Gasteiger partial charge in [0.25, 0.3) is 0 Å². The molecule has 0 saturated heterocycles. The molecule has 9 nitrogen and oxygen atoms in total. The molecule has 0 unspecified atom stereocenters. The molecule has 0 saturated carbocycles. The Balaban J connectivity index is 0.846. The zero-order valence-electron chi connectivity index (χ0n) is 40.2. The zero-order valence-corrected chi connectivity index (χ0v) is 40.2. The lowest BCUT2D eigenvalue weighted by Gasteiger charge is -2.31. The summed E-state index contributed by atoms with van der Waals surface area (Å²) in [5.74, 6) is 4.91. The van der Waals surface area contributed by atoms with Crippen molar-refractivity contribution < 1.29 is 4.74 Å². The molecule has 14 rings (SSSR count). The van der Waals surface area contributed by atoms with Crippen molar-refractivity contribution in [2.75, 3.05) is 4.90 Å². The number of anilines is 3. The highest BCUT2D eigenvalue weighted by Crippen LogP contribution is 2.51. The van der Waals surface area contributed by atoms with E-state index in [2.05, 4.69) is 119 Å². The molecule has 0 N–H and O–H groups in total. The number of para-hydroxylation sites is 3. The smallest absolute Gasteiger partial charge is 0.239 e. The van der Waals surface area contributed by atoms with Crippen molar-refractivity contribution in [3.63, 3.8) is 0 Å². The second kappa shape index (κ2) is 18.3. The molecular weight excluding hydrogens is 921 g/mol. The van der Waals surface area contributed by atoms with Crippen LogP contribution >= 0.6 is 0 Å². The van der Waals surface area contributed by atoms with E-state index in [9.17, 15) is 0 Å². The van der Waals surface area contributed by atoms with Crippen LogP contribution in [0.4, 0.5) is 17.3 Å². The van der Waals surface area contributed by atoms with Gasteiger partial charge in [-0.15, -0.1) is 0 Å². The van der Waals surface area contributed by atoms with Crippen molar-refractivity contribution in [3.8, 4) is 96.4 Å². The van der Waals surface area contributed by atoms with Crippen molar-refractivity contribution in [2.45, 2.75) is 0 Å². The minimum Gasteiger partial charge on any atom is -0.453 e. The maximum atomic E-state index is 6.73. The van der Waals surface area contributed by atoms with E-state index in [1.807, 2.05) is 146 Å². The first kappa shape index (κ1) is 43.4. The summed E-state index contributed by atoms with van der Waals surface area (Å²) in [6.07, 6.45) is 0. The van der Waals surface area contributed by atoms with Crippen molar-refractivity contribution in [3.05, 3.63) is 255 Å². The molecule has 0 bridgehead atoms. The number of hydrogen-bond donors (Lipinski definition) is 0. The molecule has 0 amide bonds. The zero-order chi connectivity index (χ0) is 49.7. The summed E-state index contributed by atoms with van der Waals surface area (Å²) < 4.78 is 9.08. The van der Waals surface area contributed by atoms with E-state index in [1.54, 1.807) is 0 Å². The first-order valence-electron chi connectivity index (χ1n) is 24.8. The number of rotatable bonds is 9. The van der Waals surface area contributed by atoms with Crippen molar-refractivity contribution in [1.82, 2.24) is 34.5 Å². The van der Waals surface area contributed by atoms with Crippen molar-refractivity contribution in [2.24, 2.45) is 0 Å². The van der Waals surface area contributed by atoms with Gasteiger partial charge < -0.3 is 9.30 Å². The molecule has 0 radical (unpaired) electrons. The Morgan fingerprint density at radius 3 is 1.33 bits per heavy atom. The van der Waals surface area contributed by atoms with Gasteiger partial charge >= 0.3 is 0 Å². The second-order valence-electron chi connectivity index (χ2n) is 18.4. The van der Waals surface area contributed by atoms with Gasteiger partial charge in [-0.25, -0.2) is 19.9 Å². The molecule has 75 heavy (non-hydrogen) atoms. The van der Waals surface area contributed by atoms with E-state index in [0.29, 0.717) is 46.6 Å². The first-order chi connectivity index (χ1) is 37.1. The van der Waals surface area contributed by atoms with Crippen molar-refractivity contribution >= 4 is 39.1 Å². The minimum absolute atomic E-state index is 0.495. The Labute approximate surface area is 432 Å². The largest absolute Gasteiger partial charge is 0.453 e. The van der Waals surface area contributed by atoms with Gasteiger partial charge in [0.05, 0.1) is 22.4 Å². The van der Waals surface area contributed by atoms with E-state index < -0.39 is 0 Å². The summed E-state index contributed by atoms with van der Waals surface area (Å²) in [4.78, 5) is 32.3. The van der Waals surface area contributed by atoms with Crippen LogP contribution in [-0.2, 0) is 0 Å². The third-order valence-electron chi connectivity index (χ3n) is 13.7. The SMILES string of the molecule is c1ccc(-c2nc(-c3ccccc3)nc(-c3cccc(-n4c5ccccc5c5ccc(-c6cccc(-c7ccc8c(c7)Oc7ccccc7N8c7nc(-c8ccccc8)nc(-c8ccccc8)n7)c6)cc54)c3)n2)cc1. The predicted octanol–water partition coefficient (Wildman–Crippen LogP) is 16.4. The number of hydrogen-bond acceptors (Lipinski definition) is 8. The van der Waals surface area contributed by atoms with Gasteiger partial charge in [-0.2, -0.15) is 9.97 Å². The summed E-state index contributed by atoms with van der Waals surface area (Å²) in [6, 6.07) is 87.2. The van der Waals surface area contributed by atoms with Gasteiger partial charge in [0, 0.05) is 44.3 Å². The van der Waals surface area contributed by atoms with Crippen LogP contribution in [0, 0.1) is 0 Å². The van der Waals surface area contributed by atoms with Crippen LogP contribution in [0.25, 0.3) is 107 Å². The molecule has 352 valence electrons. The van der Waals surface area contributed by atoms with Crippen LogP contribution in [0.2, 0.25) is 0 Å². The first-order valence-corrected chi connectivity index (χ1v) is 24.8. The Morgan fingerprint density at radius 2 is 0.707 bits per heavy atom. The molecule has 9 heteroatoms. The Morgan fingerprint density at radius 1 is 0.267 bits per heavy atom. The van der Waals surface area contributed by atoms with Crippen LogP contribution in [0.1, 0.15) is 0 Å². The van der Waals surface area contributed by atoms with Gasteiger partial charge in [0.15, 0.2) is 40.6 Å². The van der Waals surface area contributed by atoms with Gasteiger partial charge in [-0.1, -0.05) is 200 Å². The highest BCUT2D eigenvalue weighted by molar-refractivity contribution is 6.10. The average Bonchev–Trinajstić information content (AvgIpc) is 3.85. The van der Waals surface area contributed by atoms with E-state index in [4.69, 9.17) is 34.6 Å².